The number of carboxylic acids is 1. The fourth-order valence-corrected chi connectivity index (χ4v) is 3.22. The zero-order valence-electron chi connectivity index (χ0n) is 15.3. The topological polar surface area (TPSA) is 112 Å². The first-order chi connectivity index (χ1) is 12.3. The van der Waals surface area contributed by atoms with Crippen molar-refractivity contribution in [1.29, 1.82) is 0 Å². The van der Waals surface area contributed by atoms with E-state index in [4.69, 9.17) is 5.11 Å². The number of rotatable bonds is 12. The van der Waals surface area contributed by atoms with Gasteiger partial charge in [0.1, 0.15) is 11.6 Å². The van der Waals surface area contributed by atoms with Crippen LogP contribution in [0.3, 0.4) is 0 Å². The van der Waals surface area contributed by atoms with Crippen LogP contribution in [0.15, 0.2) is 24.3 Å². The molecule has 1 saturated carbocycles. The molecule has 0 spiro atoms. The van der Waals surface area contributed by atoms with Crippen LogP contribution in [0, 0.1) is 11.8 Å². The number of aliphatic hydroxyl groups excluding tert-OH is 2. The fourth-order valence-electron chi connectivity index (χ4n) is 3.22. The Bertz CT molecular complexity index is 536. The van der Waals surface area contributed by atoms with Gasteiger partial charge in [-0.15, -0.1) is 0 Å². The van der Waals surface area contributed by atoms with E-state index < -0.39 is 30.0 Å². The maximum atomic E-state index is 12.1. The highest BCUT2D eigenvalue weighted by atomic mass is 16.4. The molecule has 0 heterocycles. The third-order valence-corrected chi connectivity index (χ3v) is 4.69. The van der Waals surface area contributed by atoms with Gasteiger partial charge < -0.3 is 15.3 Å². The Morgan fingerprint density at radius 1 is 1.31 bits per heavy atom. The molecule has 1 aliphatic carbocycles. The van der Waals surface area contributed by atoms with Crippen LogP contribution in [0.25, 0.3) is 0 Å². The van der Waals surface area contributed by atoms with E-state index in [0.717, 1.165) is 25.3 Å². The number of aliphatic hydroxyl groups is 2. The highest BCUT2D eigenvalue weighted by Crippen LogP contribution is 2.33. The first-order valence-electron chi connectivity index (χ1n) is 9.33. The lowest BCUT2D eigenvalue weighted by atomic mass is 9.88. The highest BCUT2D eigenvalue weighted by Gasteiger charge is 2.40. The average Bonchev–Trinajstić information content (AvgIpc) is 2.83. The molecular formula is C20H30O6. The van der Waals surface area contributed by atoms with Gasteiger partial charge in [0.2, 0.25) is 0 Å². The highest BCUT2D eigenvalue weighted by molar-refractivity contribution is 5.90. The Kier molecular flexibility index (Phi) is 10.1. The molecule has 0 radical (unpaired) electrons. The minimum absolute atomic E-state index is 0.0256. The van der Waals surface area contributed by atoms with Gasteiger partial charge in [0.05, 0.1) is 12.2 Å². The van der Waals surface area contributed by atoms with Crippen LogP contribution in [0.2, 0.25) is 0 Å². The van der Waals surface area contributed by atoms with Gasteiger partial charge in [-0.1, -0.05) is 44.4 Å². The molecule has 0 saturated heterocycles. The second-order valence-electron chi connectivity index (χ2n) is 6.89. The van der Waals surface area contributed by atoms with Crippen molar-refractivity contribution >= 4 is 17.5 Å². The molecule has 0 aliphatic heterocycles. The number of Topliss-reactive ketones (excluding diaryl/α,β-unsaturated/α-hetero) is 2. The molecule has 146 valence electrons. The van der Waals surface area contributed by atoms with E-state index in [-0.39, 0.29) is 30.8 Å². The summed E-state index contributed by atoms with van der Waals surface area (Å²) < 4.78 is 0. The number of unbranched alkanes of at least 4 members (excludes halogenated alkanes) is 2. The van der Waals surface area contributed by atoms with Crippen LogP contribution >= 0.6 is 0 Å². The lowest BCUT2D eigenvalue weighted by Crippen LogP contribution is -2.22. The molecule has 1 rings (SSSR count). The molecule has 6 nitrogen and oxygen atoms in total. The second-order valence-corrected chi connectivity index (χ2v) is 6.89. The van der Waals surface area contributed by atoms with Crippen molar-refractivity contribution in [2.45, 2.75) is 70.5 Å². The number of ketones is 2. The molecule has 1 fully saturated rings. The standard InChI is InChI=1S/C20H30O6/c1-2-3-4-7-14(21)10-11-16-17(19(24)13-18(16)23)12-15(22)8-5-6-9-20(25)26/h6,9-11,14,16-18,21,23H,2-5,7-8,12-13H2,1H3,(H,25,26)/b9-6+,11-10?/t14?,16-,17-,18?/m1/s1. The van der Waals surface area contributed by atoms with E-state index in [1.807, 2.05) is 0 Å². The molecule has 2 unspecified atom stereocenters. The van der Waals surface area contributed by atoms with Gasteiger partial charge in [0.15, 0.2) is 0 Å². The summed E-state index contributed by atoms with van der Waals surface area (Å²) in [6, 6.07) is 0. The van der Waals surface area contributed by atoms with Gasteiger partial charge in [-0.25, -0.2) is 4.79 Å². The van der Waals surface area contributed by atoms with E-state index >= 15 is 0 Å². The molecule has 26 heavy (non-hydrogen) atoms. The Hall–Kier alpha value is -1.79. The molecule has 0 aromatic rings. The summed E-state index contributed by atoms with van der Waals surface area (Å²) in [5, 5.41) is 28.6. The van der Waals surface area contributed by atoms with Crippen molar-refractivity contribution in [3.05, 3.63) is 24.3 Å². The van der Waals surface area contributed by atoms with Gasteiger partial charge in [0.25, 0.3) is 0 Å². The number of carbonyl (C=O) groups excluding carboxylic acids is 2. The quantitative estimate of drug-likeness (QED) is 0.278. The summed E-state index contributed by atoms with van der Waals surface area (Å²) in [5.41, 5.74) is 0. The molecule has 0 aromatic carbocycles. The summed E-state index contributed by atoms with van der Waals surface area (Å²) in [6.07, 6.45) is 8.47. The third-order valence-electron chi connectivity index (χ3n) is 4.69. The van der Waals surface area contributed by atoms with E-state index in [9.17, 15) is 24.6 Å². The molecular weight excluding hydrogens is 336 g/mol. The predicted molar refractivity (Wildman–Crippen MR) is 97.5 cm³/mol. The number of carbonyl (C=O) groups is 3. The zero-order valence-corrected chi connectivity index (χ0v) is 15.3. The third kappa shape index (κ3) is 8.06. The normalized spacial score (nSPS) is 24.6. The van der Waals surface area contributed by atoms with E-state index in [0.29, 0.717) is 12.8 Å². The van der Waals surface area contributed by atoms with Crippen molar-refractivity contribution in [2.75, 3.05) is 0 Å². The molecule has 0 amide bonds. The Balaban J connectivity index is 2.56. The maximum Gasteiger partial charge on any atom is 0.327 e. The SMILES string of the molecule is CCCCCC(O)C=C[C@H]1C(O)CC(=O)[C@@H]1CC(=O)CC/C=C/C(=O)O. The van der Waals surface area contributed by atoms with Crippen LogP contribution in [0.1, 0.15) is 58.3 Å². The Labute approximate surface area is 154 Å². The lowest BCUT2D eigenvalue weighted by molar-refractivity contribution is -0.131. The minimum Gasteiger partial charge on any atom is -0.478 e. The molecule has 1 aliphatic rings. The summed E-state index contributed by atoms with van der Waals surface area (Å²) in [4.78, 5) is 34.6. The van der Waals surface area contributed by atoms with Crippen LogP contribution in [0.4, 0.5) is 0 Å². The summed E-state index contributed by atoms with van der Waals surface area (Å²) >= 11 is 0. The largest absolute Gasteiger partial charge is 0.478 e. The summed E-state index contributed by atoms with van der Waals surface area (Å²) in [6.45, 7) is 2.09. The number of hydrogen-bond acceptors (Lipinski definition) is 5. The summed E-state index contributed by atoms with van der Waals surface area (Å²) in [7, 11) is 0. The second kappa shape index (κ2) is 11.8. The first kappa shape index (κ1) is 22.3. The van der Waals surface area contributed by atoms with E-state index in [1.54, 1.807) is 12.2 Å². The van der Waals surface area contributed by atoms with Crippen LogP contribution < -0.4 is 0 Å². The van der Waals surface area contributed by atoms with Gasteiger partial charge in [-0.05, 0) is 12.8 Å². The fraction of sp³-hybridized carbons (Fsp3) is 0.650. The van der Waals surface area contributed by atoms with Crippen molar-refractivity contribution < 1.29 is 29.7 Å². The van der Waals surface area contributed by atoms with Crippen LogP contribution in [-0.2, 0) is 14.4 Å². The van der Waals surface area contributed by atoms with Crippen molar-refractivity contribution in [1.82, 2.24) is 0 Å². The molecule has 0 aromatic heterocycles. The lowest BCUT2D eigenvalue weighted by Gasteiger charge is -2.17. The Morgan fingerprint density at radius 2 is 2.04 bits per heavy atom. The maximum absolute atomic E-state index is 12.1. The predicted octanol–water partition coefficient (Wildman–Crippen LogP) is 2.43. The van der Waals surface area contributed by atoms with Crippen molar-refractivity contribution in [3.63, 3.8) is 0 Å². The van der Waals surface area contributed by atoms with E-state index in [1.165, 1.54) is 6.08 Å². The van der Waals surface area contributed by atoms with Gasteiger partial charge in [-0.3, -0.25) is 9.59 Å². The molecule has 0 bridgehead atoms. The zero-order chi connectivity index (χ0) is 19.5. The monoisotopic (exact) mass is 366 g/mol. The van der Waals surface area contributed by atoms with Gasteiger partial charge in [0, 0.05) is 37.2 Å². The first-order valence-corrected chi connectivity index (χ1v) is 9.33. The summed E-state index contributed by atoms with van der Waals surface area (Å²) in [5.74, 6) is -2.35. The van der Waals surface area contributed by atoms with Crippen molar-refractivity contribution in [3.8, 4) is 0 Å². The average molecular weight is 366 g/mol. The van der Waals surface area contributed by atoms with Crippen LogP contribution in [-0.4, -0.2) is 45.1 Å². The minimum atomic E-state index is -1.06. The number of allylic oxidation sites excluding steroid dienone is 1. The number of hydrogen-bond donors (Lipinski definition) is 3. The molecule has 3 N–H and O–H groups in total. The Morgan fingerprint density at radius 3 is 2.69 bits per heavy atom. The number of aliphatic carboxylic acids is 1. The molecule has 6 heteroatoms. The van der Waals surface area contributed by atoms with Gasteiger partial charge >= 0.3 is 5.97 Å². The van der Waals surface area contributed by atoms with E-state index in [2.05, 4.69) is 6.92 Å². The van der Waals surface area contributed by atoms with Crippen LogP contribution in [0.5, 0.6) is 0 Å². The molecule has 4 atom stereocenters. The smallest absolute Gasteiger partial charge is 0.327 e. The van der Waals surface area contributed by atoms with Crippen molar-refractivity contribution in [2.24, 2.45) is 11.8 Å². The number of carboxylic acid groups (broad SMARTS) is 1. The van der Waals surface area contributed by atoms with Gasteiger partial charge in [-0.2, -0.15) is 0 Å².